The number of methoxy groups -OCH3 is 1. The first-order chi connectivity index (χ1) is 18.1. The monoisotopic (exact) mass is 543 g/mol. The zero-order valence-corrected chi connectivity index (χ0v) is 23.8. The van der Waals surface area contributed by atoms with Gasteiger partial charge in [0, 0.05) is 31.6 Å². The first-order valence-electron chi connectivity index (χ1n) is 13.4. The number of benzene rings is 2. The molecule has 1 aliphatic carbocycles. The molecule has 9 heteroatoms. The Balaban J connectivity index is 1.73. The van der Waals surface area contributed by atoms with Gasteiger partial charge in [0.25, 0.3) is 0 Å². The lowest BCUT2D eigenvalue weighted by atomic mass is 9.95. The highest BCUT2D eigenvalue weighted by molar-refractivity contribution is 7.92. The number of nitrogens with one attached hydrogen (secondary N) is 1. The van der Waals surface area contributed by atoms with Crippen LogP contribution in [0.2, 0.25) is 0 Å². The van der Waals surface area contributed by atoms with Gasteiger partial charge in [-0.05, 0) is 56.4 Å². The van der Waals surface area contributed by atoms with Crippen molar-refractivity contribution >= 4 is 27.5 Å². The molecule has 38 heavy (non-hydrogen) atoms. The van der Waals surface area contributed by atoms with Gasteiger partial charge in [0.05, 0.1) is 19.1 Å². The summed E-state index contributed by atoms with van der Waals surface area (Å²) in [5, 5.41) is 3.15. The summed E-state index contributed by atoms with van der Waals surface area (Å²) in [5.74, 6) is 0.223. The molecule has 0 aliphatic heterocycles. The van der Waals surface area contributed by atoms with Crippen molar-refractivity contribution < 1.29 is 22.7 Å². The van der Waals surface area contributed by atoms with Crippen LogP contribution in [0.4, 0.5) is 5.69 Å². The van der Waals surface area contributed by atoms with Crippen LogP contribution in [0.15, 0.2) is 48.5 Å². The van der Waals surface area contributed by atoms with Crippen LogP contribution >= 0.6 is 0 Å². The Morgan fingerprint density at radius 3 is 2.45 bits per heavy atom. The van der Waals surface area contributed by atoms with Gasteiger partial charge in [-0.2, -0.15) is 0 Å². The highest BCUT2D eigenvalue weighted by Crippen LogP contribution is 2.24. The van der Waals surface area contributed by atoms with Crippen molar-refractivity contribution in [3.63, 3.8) is 0 Å². The topological polar surface area (TPSA) is 96.0 Å². The summed E-state index contributed by atoms with van der Waals surface area (Å²) in [5.41, 5.74) is 2.51. The fourth-order valence-electron chi connectivity index (χ4n) is 4.89. The molecule has 0 radical (unpaired) electrons. The molecule has 2 amide bonds. The molecule has 0 aromatic heterocycles. The minimum absolute atomic E-state index is 0.114. The van der Waals surface area contributed by atoms with E-state index >= 15 is 0 Å². The fraction of sp³-hybridized carbons (Fsp3) is 0.517. The second kappa shape index (κ2) is 13.6. The van der Waals surface area contributed by atoms with Crippen molar-refractivity contribution in [1.29, 1.82) is 0 Å². The molecule has 0 saturated heterocycles. The fourth-order valence-corrected chi connectivity index (χ4v) is 5.85. The normalized spacial score (nSPS) is 14.9. The van der Waals surface area contributed by atoms with Crippen LogP contribution < -0.4 is 14.4 Å². The smallest absolute Gasteiger partial charge is 0.242 e. The van der Waals surface area contributed by atoms with Gasteiger partial charge in [-0.3, -0.25) is 13.9 Å². The third-order valence-corrected chi connectivity index (χ3v) is 8.41. The summed E-state index contributed by atoms with van der Waals surface area (Å²) in [6, 6.07) is 14.2. The van der Waals surface area contributed by atoms with Gasteiger partial charge >= 0.3 is 0 Å². The number of rotatable bonds is 12. The summed E-state index contributed by atoms with van der Waals surface area (Å²) in [6.07, 6.45) is 6.92. The maximum Gasteiger partial charge on any atom is 0.242 e. The number of amides is 2. The molecule has 208 valence electrons. The number of aryl methyl sites for hydroxylation is 1. The molecule has 0 unspecified atom stereocenters. The van der Waals surface area contributed by atoms with Gasteiger partial charge in [0.15, 0.2) is 0 Å². The first-order valence-corrected chi connectivity index (χ1v) is 15.2. The number of nitrogens with zero attached hydrogens (tertiary/aromatic N) is 2. The number of hydrogen-bond acceptors (Lipinski definition) is 5. The minimum atomic E-state index is -3.57. The molecule has 2 aromatic carbocycles. The van der Waals surface area contributed by atoms with Crippen molar-refractivity contribution in [1.82, 2.24) is 10.2 Å². The standard InChI is InChI=1S/C29H41N3O5S/c1-22-12-8-9-13-24(22)21-31(23(2)29(34)30-25-14-6-5-7-15-25)28(33)18-11-19-32(38(4,35)36)26-16-10-17-27(20-26)37-3/h8-10,12-13,16-17,20,23,25H,5-7,11,14-15,18-19,21H2,1-4H3,(H,30,34)/t23-/m0/s1. The van der Waals surface area contributed by atoms with Crippen molar-refractivity contribution in [3.05, 3.63) is 59.7 Å². The molecule has 2 aromatic rings. The molecule has 1 aliphatic rings. The van der Waals surface area contributed by atoms with E-state index in [0.29, 0.717) is 24.4 Å². The zero-order chi connectivity index (χ0) is 27.7. The van der Waals surface area contributed by atoms with Crippen LogP contribution in [0.3, 0.4) is 0 Å². The van der Waals surface area contributed by atoms with E-state index in [1.807, 2.05) is 31.2 Å². The number of ether oxygens (including phenoxy) is 1. The summed E-state index contributed by atoms with van der Waals surface area (Å²) >= 11 is 0. The zero-order valence-electron chi connectivity index (χ0n) is 23.0. The molecule has 8 nitrogen and oxygen atoms in total. The molecular formula is C29H41N3O5S. The molecule has 0 bridgehead atoms. The second-order valence-electron chi connectivity index (χ2n) is 10.1. The van der Waals surface area contributed by atoms with Gasteiger partial charge in [-0.15, -0.1) is 0 Å². The average Bonchev–Trinajstić information content (AvgIpc) is 2.90. The SMILES string of the molecule is COc1cccc(N(CCCC(=O)N(Cc2ccccc2C)[C@@H](C)C(=O)NC2CCCCC2)S(C)(=O)=O)c1. The summed E-state index contributed by atoms with van der Waals surface area (Å²) in [4.78, 5) is 28.3. The van der Waals surface area contributed by atoms with Crippen molar-refractivity contribution in [3.8, 4) is 5.75 Å². The molecule has 1 N–H and O–H groups in total. The molecule has 0 heterocycles. The lowest BCUT2D eigenvalue weighted by molar-refractivity contribution is -0.141. The van der Waals surface area contributed by atoms with Crippen molar-refractivity contribution in [2.45, 2.75) is 77.4 Å². The number of carbonyl (C=O) groups is 2. The van der Waals surface area contributed by atoms with E-state index in [2.05, 4.69) is 5.32 Å². The molecular weight excluding hydrogens is 502 g/mol. The van der Waals surface area contributed by atoms with E-state index in [1.54, 1.807) is 36.1 Å². The van der Waals surface area contributed by atoms with Crippen LogP contribution in [-0.2, 0) is 26.2 Å². The van der Waals surface area contributed by atoms with E-state index in [-0.39, 0.29) is 30.8 Å². The third-order valence-electron chi connectivity index (χ3n) is 7.21. The molecule has 1 atom stereocenters. The quantitative estimate of drug-likeness (QED) is 0.428. The van der Waals surface area contributed by atoms with E-state index in [0.717, 1.165) is 43.1 Å². The van der Waals surface area contributed by atoms with E-state index in [9.17, 15) is 18.0 Å². The Labute approximate surface area is 227 Å². The Morgan fingerprint density at radius 2 is 1.79 bits per heavy atom. The highest BCUT2D eigenvalue weighted by Gasteiger charge is 2.28. The maximum absolute atomic E-state index is 13.5. The van der Waals surface area contributed by atoms with Gasteiger partial charge in [-0.25, -0.2) is 8.42 Å². The first kappa shape index (κ1) is 29.5. The summed E-state index contributed by atoms with van der Waals surface area (Å²) in [6.45, 7) is 4.21. The average molecular weight is 544 g/mol. The van der Waals surface area contributed by atoms with Gasteiger partial charge in [0.2, 0.25) is 21.8 Å². The maximum atomic E-state index is 13.5. The van der Waals surface area contributed by atoms with Crippen LogP contribution in [0.5, 0.6) is 5.75 Å². The largest absolute Gasteiger partial charge is 0.497 e. The Hall–Kier alpha value is -3.07. The predicted octanol–water partition coefficient (Wildman–Crippen LogP) is 4.42. The van der Waals surface area contributed by atoms with E-state index in [1.165, 1.54) is 17.8 Å². The van der Waals surface area contributed by atoms with Crippen molar-refractivity contribution in [2.24, 2.45) is 0 Å². The number of sulfonamides is 1. The van der Waals surface area contributed by atoms with E-state index in [4.69, 9.17) is 4.74 Å². The highest BCUT2D eigenvalue weighted by atomic mass is 32.2. The summed E-state index contributed by atoms with van der Waals surface area (Å²) < 4.78 is 31.6. The number of hydrogen-bond donors (Lipinski definition) is 1. The molecule has 1 saturated carbocycles. The minimum Gasteiger partial charge on any atom is -0.497 e. The van der Waals surface area contributed by atoms with Crippen LogP contribution in [0.25, 0.3) is 0 Å². The Bertz CT molecular complexity index is 1190. The Kier molecular flexibility index (Phi) is 10.6. The lowest BCUT2D eigenvalue weighted by Gasteiger charge is -2.32. The van der Waals surface area contributed by atoms with Crippen LogP contribution in [0, 0.1) is 6.92 Å². The van der Waals surface area contributed by atoms with Gasteiger partial charge in [-0.1, -0.05) is 49.6 Å². The number of carbonyl (C=O) groups excluding carboxylic acids is 2. The van der Waals surface area contributed by atoms with Crippen molar-refractivity contribution in [2.75, 3.05) is 24.2 Å². The second-order valence-corrected chi connectivity index (χ2v) is 12.0. The molecule has 0 spiro atoms. The molecule has 1 fully saturated rings. The van der Waals surface area contributed by atoms with E-state index < -0.39 is 16.1 Å². The van der Waals surface area contributed by atoms with Crippen LogP contribution in [0.1, 0.15) is 63.0 Å². The predicted molar refractivity (Wildman–Crippen MR) is 151 cm³/mol. The molecule has 3 rings (SSSR count). The van der Waals surface area contributed by atoms with Gasteiger partial charge in [0.1, 0.15) is 11.8 Å². The summed E-state index contributed by atoms with van der Waals surface area (Å²) in [7, 11) is -2.05. The Morgan fingerprint density at radius 1 is 1.08 bits per heavy atom. The number of anilines is 1. The van der Waals surface area contributed by atoms with Gasteiger partial charge < -0.3 is 15.0 Å². The van der Waals surface area contributed by atoms with Crippen LogP contribution in [-0.4, -0.2) is 57.1 Å². The third kappa shape index (κ3) is 8.21. The lowest BCUT2D eigenvalue weighted by Crippen LogP contribution is -2.50.